The first-order valence-corrected chi connectivity index (χ1v) is 8.55. The van der Waals surface area contributed by atoms with Crippen LogP contribution in [0.3, 0.4) is 0 Å². The van der Waals surface area contributed by atoms with Crippen LogP contribution in [0.25, 0.3) is 0 Å². The van der Waals surface area contributed by atoms with Gasteiger partial charge in [0.2, 0.25) is 0 Å². The molecule has 23 heavy (non-hydrogen) atoms. The first-order valence-electron chi connectivity index (χ1n) is 8.55. The highest BCUT2D eigenvalue weighted by atomic mass is 16.5. The monoisotopic (exact) mass is 326 g/mol. The topological polar surface area (TPSA) is 78.9 Å². The number of ether oxygens (including phenoxy) is 1. The number of likely N-dealkylation sites (tertiary alicyclic amines) is 1. The SMILES string of the molecule is CC1CC(C(=O)O)CN(C(=O)NC2CC(OC(C)C)C2(C)C)C1. The first kappa shape index (κ1) is 18.0. The van der Waals surface area contributed by atoms with E-state index >= 15 is 0 Å². The maximum Gasteiger partial charge on any atom is 0.317 e. The van der Waals surface area contributed by atoms with E-state index in [1.165, 1.54) is 0 Å². The number of amides is 2. The summed E-state index contributed by atoms with van der Waals surface area (Å²) in [5, 5.41) is 12.3. The van der Waals surface area contributed by atoms with Gasteiger partial charge in [-0.05, 0) is 32.6 Å². The van der Waals surface area contributed by atoms with Crippen LogP contribution in [-0.2, 0) is 9.53 Å². The quantitative estimate of drug-likeness (QED) is 0.831. The number of carboxylic acids is 1. The number of urea groups is 1. The van der Waals surface area contributed by atoms with E-state index in [4.69, 9.17) is 4.74 Å². The van der Waals surface area contributed by atoms with Crippen LogP contribution in [0.1, 0.15) is 47.5 Å². The molecular formula is C17H30N2O4. The van der Waals surface area contributed by atoms with Gasteiger partial charge in [-0.15, -0.1) is 0 Å². The van der Waals surface area contributed by atoms with Crippen LogP contribution >= 0.6 is 0 Å². The van der Waals surface area contributed by atoms with Crippen LogP contribution in [-0.4, -0.2) is 53.3 Å². The minimum Gasteiger partial charge on any atom is -0.481 e. The highest BCUT2D eigenvalue weighted by molar-refractivity contribution is 5.77. The van der Waals surface area contributed by atoms with Gasteiger partial charge in [0.05, 0.1) is 18.1 Å². The molecule has 0 aromatic rings. The zero-order valence-corrected chi connectivity index (χ0v) is 14.8. The van der Waals surface area contributed by atoms with E-state index in [1.807, 2.05) is 20.8 Å². The normalized spacial score (nSPS) is 33.2. The van der Waals surface area contributed by atoms with Gasteiger partial charge in [0, 0.05) is 24.5 Å². The number of piperidine rings is 1. The van der Waals surface area contributed by atoms with Gasteiger partial charge in [-0.1, -0.05) is 20.8 Å². The van der Waals surface area contributed by atoms with Crippen molar-refractivity contribution in [1.29, 1.82) is 0 Å². The summed E-state index contributed by atoms with van der Waals surface area (Å²) in [6.45, 7) is 11.2. The van der Waals surface area contributed by atoms with E-state index in [9.17, 15) is 14.7 Å². The lowest BCUT2D eigenvalue weighted by Gasteiger charge is -2.52. The van der Waals surface area contributed by atoms with Crippen molar-refractivity contribution in [3.8, 4) is 0 Å². The van der Waals surface area contributed by atoms with Crippen molar-refractivity contribution in [2.45, 2.75) is 65.7 Å². The lowest BCUT2D eigenvalue weighted by Crippen LogP contribution is -2.64. The Labute approximate surface area is 138 Å². The third kappa shape index (κ3) is 3.97. The molecule has 1 aliphatic carbocycles. The van der Waals surface area contributed by atoms with E-state index in [0.717, 1.165) is 6.42 Å². The van der Waals surface area contributed by atoms with Gasteiger partial charge in [-0.25, -0.2) is 4.79 Å². The highest BCUT2D eigenvalue weighted by Crippen LogP contribution is 2.43. The number of nitrogens with one attached hydrogen (secondary N) is 1. The second-order valence-corrected chi connectivity index (χ2v) is 8.01. The Morgan fingerprint density at radius 3 is 2.43 bits per heavy atom. The molecule has 2 fully saturated rings. The van der Waals surface area contributed by atoms with Crippen LogP contribution in [0, 0.1) is 17.3 Å². The average Bonchev–Trinajstić information content (AvgIpc) is 2.44. The van der Waals surface area contributed by atoms with Crippen molar-refractivity contribution in [3.63, 3.8) is 0 Å². The molecule has 0 spiro atoms. The number of rotatable bonds is 4. The summed E-state index contributed by atoms with van der Waals surface area (Å²) in [6, 6.07) is -0.0804. The molecule has 4 unspecified atom stereocenters. The maximum absolute atomic E-state index is 12.5. The maximum atomic E-state index is 12.5. The molecule has 2 N–H and O–H groups in total. The summed E-state index contributed by atoms with van der Waals surface area (Å²) < 4.78 is 5.88. The van der Waals surface area contributed by atoms with Crippen LogP contribution in [0.2, 0.25) is 0 Å². The molecule has 2 rings (SSSR count). The second kappa shape index (κ2) is 6.67. The van der Waals surface area contributed by atoms with Gasteiger partial charge < -0.3 is 20.1 Å². The summed E-state index contributed by atoms with van der Waals surface area (Å²) in [4.78, 5) is 25.4. The second-order valence-electron chi connectivity index (χ2n) is 8.01. The molecule has 0 aromatic carbocycles. The predicted molar refractivity (Wildman–Crippen MR) is 87.2 cm³/mol. The van der Waals surface area contributed by atoms with E-state index in [-0.39, 0.29) is 35.6 Å². The Hall–Kier alpha value is -1.30. The van der Waals surface area contributed by atoms with Crippen LogP contribution < -0.4 is 5.32 Å². The molecule has 1 saturated carbocycles. The molecule has 1 heterocycles. The zero-order valence-electron chi connectivity index (χ0n) is 14.8. The molecule has 1 saturated heterocycles. The van der Waals surface area contributed by atoms with Gasteiger partial charge in [-0.2, -0.15) is 0 Å². The molecule has 6 nitrogen and oxygen atoms in total. The lowest BCUT2D eigenvalue weighted by molar-refractivity contribution is -0.144. The number of carbonyl (C=O) groups excluding carboxylic acids is 1. The van der Waals surface area contributed by atoms with Crippen molar-refractivity contribution in [3.05, 3.63) is 0 Å². The molecule has 2 aliphatic rings. The van der Waals surface area contributed by atoms with E-state index in [0.29, 0.717) is 19.5 Å². The summed E-state index contributed by atoms with van der Waals surface area (Å²) in [5.74, 6) is -1.07. The Bertz CT molecular complexity index is 464. The smallest absolute Gasteiger partial charge is 0.317 e. The standard InChI is InChI=1S/C17H30N2O4/c1-10(2)23-14-7-13(17(14,4)5)18-16(22)19-8-11(3)6-12(9-19)15(20)21/h10-14H,6-9H2,1-5H3,(H,18,22)(H,20,21). The summed E-state index contributed by atoms with van der Waals surface area (Å²) in [7, 11) is 0. The minimum absolute atomic E-state index is 0.0688. The number of hydrogen-bond acceptors (Lipinski definition) is 3. The molecule has 4 atom stereocenters. The van der Waals surface area contributed by atoms with Crippen molar-refractivity contribution in [2.75, 3.05) is 13.1 Å². The third-order valence-corrected chi connectivity index (χ3v) is 5.21. The van der Waals surface area contributed by atoms with Crippen LogP contribution in [0.4, 0.5) is 4.79 Å². The highest BCUT2D eigenvalue weighted by Gasteiger charge is 2.50. The van der Waals surface area contributed by atoms with E-state index < -0.39 is 11.9 Å². The van der Waals surface area contributed by atoms with Crippen molar-refractivity contribution >= 4 is 12.0 Å². The molecular weight excluding hydrogens is 296 g/mol. The fourth-order valence-corrected chi connectivity index (χ4v) is 3.63. The van der Waals surface area contributed by atoms with Gasteiger partial charge in [0.15, 0.2) is 0 Å². The van der Waals surface area contributed by atoms with E-state index in [1.54, 1.807) is 4.90 Å². The average molecular weight is 326 g/mol. The summed E-state index contributed by atoms with van der Waals surface area (Å²) >= 11 is 0. The van der Waals surface area contributed by atoms with Crippen molar-refractivity contribution in [1.82, 2.24) is 10.2 Å². The first-order chi connectivity index (χ1) is 10.6. The van der Waals surface area contributed by atoms with Crippen molar-refractivity contribution < 1.29 is 19.4 Å². The van der Waals surface area contributed by atoms with Gasteiger partial charge >= 0.3 is 12.0 Å². The Kier molecular flexibility index (Phi) is 5.23. The van der Waals surface area contributed by atoms with E-state index in [2.05, 4.69) is 19.2 Å². The minimum atomic E-state index is -0.816. The molecule has 0 bridgehead atoms. The van der Waals surface area contributed by atoms with Crippen molar-refractivity contribution in [2.24, 2.45) is 17.3 Å². The number of carbonyl (C=O) groups is 2. The van der Waals surface area contributed by atoms with Gasteiger partial charge in [0.25, 0.3) is 0 Å². The summed E-state index contributed by atoms with van der Waals surface area (Å²) in [6.07, 6.45) is 1.77. The van der Waals surface area contributed by atoms with Gasteiger partial charge in [-0.3, -0.25) is 4.79 Å². The predicted octanol–water partition coefficient (Wildman–Crippen LogP) is 2.33. The molecule has 2 amide bonds. The summed E-state index contributed by atoms with van der Waals surface area (Å²) in [5.41, 5.74) is -0.104. The molecule has 0 aromatic heterocycles. The molecule has 0 radical (unpaired) electrons. The Morgan fingerprint density at radius 2 is 1.91 bits per heavy atom. The van der Waals surface area contributed by atoms with Crippen LogP contribution in [0.15, 0.2) is 0 Å². The number of hydrogen-bond donors (Lipinski definition) is 2. The Balaban J connectivity index is 1.91. The molecule has 1 aliphatic heterocycles. The Morgan fingerprint density at radius 1 is 1.26 bits per heavy atom. The van der Waals surface area contributed by atoms with Gasteiger partial charge in [0.1, 0.15) is 0 Å². The molecule has 132 valence electrons. The van der Waals surface area contributed by atoms with Crippen LogP contribution in [0.5, 0.6) is 0 Å². The third-order valence-electron chi connectivity index (χ3n) is 5.21. The zero-order chi connectivity index (χ0) is 17.4. The number of carboxylic acid groups (broad SMARTS) is 1. The largest absolute Gasteiger partial charge is 0.481 e. The fraction of sp³-hybridized carbons (Fsp3) is 0.882. The lowest BCUT2D eigenvalue weighted by atomic mass is 9.64. The molecule has 6 heteroatoms. The number of nitrogens with zero attached hydrogens (tertiary/aromatic N) is 1. The number of aliphatic carboxylic acids is 1. The fourth-order valence-electron chi connectivity index (χ4n) is 3.63.